The Morgan fingerprint density at radius 3 is 1.11 bits per heavy atom. The van der Waals surface area contributed by atoms with Gasteiger partial charge in [-0.25, -0.2) is 4.79 Å². The zero-order valence-electron chi connectivity index (χ0n) is 43.5. The van der Waals surface area contributed by atoms with E-state index in [2.05, 4.69) is 42.5 Å². The Balaban J connectivity index is 6.27. The van der Waals surface area contributed by atoms with Crippen LogP contribution < -0.4 is 64.6 Å². The SMILES string of the molecule is CC(C)C[C@H](NC(=O)[C@H](CO)NC(=O)[C@@H](NC(=O)[C@H](C)N)[C@@H](C)O)C(=O)N[C@H](C(=O)N[C@@H](CC(=O)O)C(=O)N[C@@H](C)C(=O)N[C@H](C(=O)N[C@@H](CC(N)=O)C(=O)N[C@@H](CO)C(=O)N[C@@H](CC(=O)O)C(=O)O)C(C)C)C(C)C. The highest BCUT2D eigenvalue weighted by Gasteiger charge is 2.38. The van der Waals surface area contributed by atoms with Crippen LogP contribution in [0.2, 0.25) is 0 Å². The standard InChI is InChI=1S/C44H74N12O20/c1-16(2)10-22(48-39(70)27(15-58)53-43(74)33(21(9)59)56-34(65)19(7)45)38(69)55-32(18(5)6)42(73)50-24(12-29(61)62)36(67)47-20(8)35(66)54-31(17(3)4)41(72)49-23(11-28(46)60)37(68)52-26(14-57)40(71)51-25(44(75)76)13-30(63)64/h16-27,31-33,57-59H,10-15,45H2,1-9H3,(H2,46,60)(H,47,67)(H,48,70)(H,49,72)(H,50,73)(H,51,71)(H,52,68)(H,53,74)(H,54,66)(H,55,69)(H,56,65)(H,61,62)(H,63,64)(H,75,76)/t19-,20-,21+,22-,23-,24-,25-,26-,27-,31-,32-,33-/m0/s1. The summed E-state index contributed by atoms with van der Waals surface area (Å²) in [5.41, 5.74) is 10.8. The first kappa shape index (κ1) is 68.4. The lowest BCUT2D eigenvalue weighted by molar-refractivity contribution is -0.147. The predicted molar refractivity (Wildman–Crippen MR) is 260 cm³/mol. The molecule has 0 spiro atoms. The molecule has 0 aromatic heterocycles. The highest BCUT2D eigenvalue weighted by Crippen LogP contribution is 2.11. The molecule has 20 N–H and O–H groups in total. The van der Waals surface area contributed by atoms with Crippen molar-refractivity contribution in [3.63, 3.8) is 0 Å². The van der Waals surface area contributed by atoms with Crippen molar-refractivity contribution in [3.05, 3.63) is 0 Å². The van der Waals surface area contributed by atoms with Gasteiger partial charge in [0, 0.05) is 0 Å². The van der Waals surface area contributed by atoms with Crippen molar-refractivity contribution < 1.29 is 97.8 Å². The van der Waals surface area contributed by atoms with Crippen molar-refractivity contribution in [2.75, 3.05) is 13.2 Å². The van der Waals surface area contributed by atoms with E-state index >= 15 is 0 Å². The summed E-state index contributed by atoms with van der Waals surface area (Å²) in [5.74, 6) is -19.3. The summed E-state index contributed by atoms with van der Waals surface area (Å²) in [6, 6.07) is -18.3. The number of aliphatic carboxylic acids is 3. The topological polar surface area (TPSA) is 533 Å². The molecule has 0 radical (unpaired) electrons. The third-order valence-electron chi connectivity index (χ3n) is 10.7. The van der Waals surface area contributed by atoms with Gasteiger partial charge in [-0.1, -0.05) is 41.5 Å². The third-order valence-corrected chi connectivity index (χ3v) is 10.7. The van der Waals surface area contributed by atoms with Crippen LogP contribution in [-0.4, -0.2) is 199 Å². The summed E-state index contributed by atoms with van der Waals surface area (Å²) >= 11 is 0. The Labute approximate surface area is 436 Å². The van der Waals surface area contributed by atoms with Gasteiger partial charge in [-0.3, -0.25) is 62.3 Å². The number of primary amides is 1. The number of amides is 11. The minimum absolute atomic E-state index is 0.0781. The molecule has 0 bridgehead atoms. The Hall–Kier alpha value is -7.58. The van der Waals surface area contributed by atoms with E-state index < -0.39 is 200 Å². The average Bonchev–Trinajstić information content (AvgIpc) is 3.29. The fourth-order valence-electron chi connectivity index (χ4n) is 6.53. The van der Waals surface area contributed by atoms with Gasteiger partial charge in [0.15, 0.2) is 0 Å². The van der Waals surface area contributed by atoms with Crippen molar-refractivity contribution in [1.82, 2.24) is 53.2 Å². The van der Waals surface area contributed by atoms with E-state index in [1.165, 1.54) is 41.5 Å². The molecule has 76 heavy (non-hydrogen) atoms. The molecule has 32 nitrogen and oxygen atoms in total. The summed E-state index contributed by atoms with van der Waals surface area (Å²) in [5, 5.41) is 79.7. The van der Waals surface area contributed by atoms with Gasteiger partial charge in [-0.2, -0.15) is 0 Å². The highest BCUT2D eigenvalue weighted by molar-refractivity contribution is 6.00. The number of carboxylic acids is 3. The largest absolute Gasteiger partial charge is 0.481 e. The number of carbonyl (C=O) groups is 14. The van der Waals surface area contributed by atoms with E-state index in [0.29, 0.717) is 0 Å². The van der Waals surface area contributed by atoms with Crippen LogP contribution in [-0.2, 0) is 67.1 Å². The van der Waals surface area contributed by atoms with Gasteiger partial charge in [0.1, 0.15) is 60.4 Å². The lowest BCUT2D eigenvalue weighted by Gasteiger charge is -2.29. The van der Waals surface area contributed by atoms with Gasteiger partial charge in [0.25, 0.3) is 0 Å². The smallest absolute Gasteiger partial charge is 0.326 e. The Bertz CT molecular complexity index is 2120. The number of carbonyl (C=O) groups excluding carboxylic acids is 11. The average molecular weight is 1090 g/mol. The molecule has 0 fully saturated rings. The van der Waals surface area contributed by atoms with Crippen LogP contribution in [0.1, 0.15) is 88.0 Å². The summed E-state index contributed by atoms with van der Waals surface area (Å²) in [7, 11) is 0. The summed E-state index contributed by atoms with van der Waals surface area (Å²) in [6.45, 7) is 10.5. The van der Waals surface area contributed by atoms with Crippen molar-refractivity contribution in [2.45, 2.75) is 161 Å². The van der Waals surface area contributed by atoms with Crippen LogP contribution in [0.15, 0.2) is 0 Å². The van der Waals surface area contributed by atoms with E-state index in [9.17, 15) is 92.7 Å². The first-order valence-corrected chi connectivity index (χ1v) is 23.7. The third kappa shape index (κ3) is 24.2. The molecule has 0 heterocycles. The number of aliphatic hydroxyl groups excluding tert-OH is 3. The fraction of sp³-hybridized carbons (Fsp3) is 0.682. The Kier molecular flexibility index (Phi) is 29.4. The van der Waals surface area contributed by atoms with Crippen LogP contribution in [0, 0.1) is 17.8 Å². The van der Waals surface area contributed by atoms with Crippen LogP contribution >= 0.6 is 0 Å². The second-order valence-corrected chi connectivity index (χ2v) is 18.8. The zero-order chi connectivity index (χ0) is 59.1. The van der Waals surface area contributed by atoms with Crippen LogP contribution in [0.5, 0.6) is 0 Å². The predicted octanol–water partition coefficient (Wildman–Crippen LogP) is -8.17. The van der Waals surface area contributed by atoms with Crippen LogP contribution in [0.25, 0.3) is 0 Å². The molecule has 11 amide bonds. The number of hydrogen-bond acceptors (Lipinski definition) is 18. The van der Waals surface area contributed by atoms with Crippen molar-refractivity contribution >= 4 is 82.9 Å². The lowest BCUT2D eigenvalue weighted by atomic mass is 9.99. The van der Waals surface area contributed by atoms with E-state index in [1.807, 2.05) is 10.6 Å². The van der Waals surface area contributed by atoms with Crippen molar-refractivity contribution in [2.24, 2.45) is 29.2 Å². The molecule has 430 valence electrons. The number of carboxylic acid groups (broad SMARTS) is 3. The van der Waals surface area contributed by atoms with Crippen molar-refractivity contribution in [1.29, 1.82) is 0 Å². The second kappa shape index (κ2) is 32.7. The molecule has 0 aromatic carbocycles. The van der Waals surface area contributed by atoms with Crippen molar-refractivity contribution in [3.8, 4) is 0 Å². The van der Waals surface area contributed by atoms with E-state index in [0.717, 1.165) is 6.92 Å². The number of hydrogen-bond donors (Lipinski definition) is 18. The van der Waals surface area contributed by atoms with E-state index in [-0.39, 0.29) is 12.3 Å². The van der Waals surface area contributed by atoms with Gasteiger partial charge >= 0.3 is 17.9 Å². The van der Waals surface area contributed by atoms with Gasteiger partial charge in [-0.05, 0) is 44.9 Å². The summed E-state index contributed by atoms with van der Waals surface area (Å²) in [4.78, 5) is 179. The minimum atomic E-state index is -1.99. The fourth-order valence-corrected chi connectivity index (χ4v) is 6.53. The quantitative estimate of drug-likeness (QED) is 0.0285. The van der Waals surface area contributed by atoms with Crippen LogP contribution in [0.4, 0.5) is 0 Å². The molecule has 0 aliphatic heterocycles. The molecule has 32 heteroatoms. The molecule has 0 saturated heterocycles. The first-order chi connectivity index (χ1) is 35.1. The molecule has 0 aliphatic carbocycles. The number of nitrogens with two attached hydrogens (primary N) is 2. The van der Waals surface area contributed by atoms with E-state index in [4.69, 9.17) is 16.6 Å². The maximum Gasteiger partial charge on any atom is 0.326 e. The van der Waals surface area contributed by atoms with Gasteiger partial charge in [0.05, 0.1) is 44.6 Å². The van der Waals surface area contributed by atoms with E-state index in [1.54, 1.807) is 13.8 Å². The number of nitrogens with one attached hydrogen (secondary N) is 10. The molecular weight excluding hydrogens is 1020 g/mol. The summed E-state index contributed by atoms with van der Waals surface area (Å²) < 4.78 is 0. The Morgan fingerprint density at radius 1 is 0.395 bits per heavy atom. The maximum atomic E-state index is 13.8. The lowest BCUT2D eigenvalue weighted by Crippen LogP contribution is -2.62. The molecule has 0 aliphatic rings. The van der Waals surface area contributed by atoms with Gasteiger partial charge in [-0.15, -0.1) is 0 Å². The first-order valence-electron chi connectivity index (χ1n) is 23.7. The van der Waals surface area contributed by atoms with Crippen LogP contribution in [0.3, 0.4) is 0 Å². The number of aliphatic hydroxyl groups is 3. The maximum absolute atomic E-state index is 13.8. The molecule has 12 atom stereocenters. The van der Waals surface area contributed by atoms with Gasteiger partial charge < -0.3 is 95.3 Å². The molecular formula is C44H74N12O20. The Morgan fingerprint density at radius 2 is 0.724 bits per heavy atom. The molecule has 0 aromatic rings. The molecule has 0 rings (SSSR count). The summed E-state index contributed by atoms with van der Waals surface area (Å²) in [6.07, 6.45) is -4.64. The normalized spacial score (nSPS) is 15.9. The highest BCUT2D eigenvalue weighted by atomic mass is 16.4. The number of rotatable bonds is 34. The molecule has 0 unspecified atom stereocenters. The minimum Gasteiger partial charge on any atom is -0.481 e. The van der Waals surface area contributed by atoms with Gasteiger partial charge in [0.2, 0.25) is 65.0 Å². The zero-order valence-corrected chi connectivity index (χ0v) is 43.5. The monoisotopic (exact) mass is 1090 g/mol. The second-order valence-electron chi connectivity index (χ2n) is 18.8. The molecule has 0 saturated carbocycles.